The Morgan fingerprint density at radius 2 is 1.11 bits per heavy atom. The van der Waals surface area contributed by atoms with Crippen LogP contribution in [-0.4, -0.2) is 220 Å². The number of amides is 10. The molecule has 1 aromatic carbocycles. The maximum absolute atomic E-state index is 15.6. The second-order valence-corrected chi connectivity index (χ2v) is 27.1. The van der Waals surface area contributed by atoms with Crippen molar-refractivity contribution in [2.75, 3.05) is 65.4 Å². The van der Waals surface area contributed by atoms with Crippen LogP contribution in [-0.2, 0) is 64.0 Å². The highest BCUT2D eigenvalue weighted by Crippen LogP contribution is 2.38. The second kappa shape index (κ2) is 29.8. The van der Waals surface area contributed by atoms with E-state index < -0.39 is 191 Å². The largest absolute Gasteiger partial charge is 0.467 e. The number of benzene rings is 2. The summed E-state index contributed by atoms with van der Waals surface area (Å²) in [5.41, 5.74) is 3.50. The molecule has 5 aliphatic heterocycles. The molecule has 2 aromatic rings. The molecule has 7 N–H and O–H groups in total. The summed E-state index contributed by atoms with van der Waals surface area (Å²) < 4.78 is 24.2. The number of nitrogens with one attached hydrogen (secondary N) is 5. The predicted molar refractivity (Wildman–Crippen MR) is 352 cm³/mol. The number of carbonyl (C=O) groups is 12. The molecule has 10 unspecified atom stereocenters. The summed E-state index contributed by atoms with van der Waals surface area (Å²) in [6.45, 7) is 18.3. The Labute approximate surface area is 562 Å². The van der Waals surface area contributed by atoms with Crippen LogP contribution in [0.5, 0.6) is 0 Å². The van der Waals surface area contributed by atoms with Crippen LogP contribution in [0.2, 0.25) is 0 Å². The van der Waals surface area contributed by atoms with E-state index >= 15 is 19.2 Å². The van der Waals surface area contributed by atoms with Crippen molar-refractivity contribution in [3.05, 3.63) is 62.7 Å². The number of furan rings is 1. The summed E-state index contributed by atoms with van der Waals surface area (Å²) in [4.78, 5) is 202. The molecule has 0 spiro atoms. The van der Waals surface area contributed by atoms with Crippen molar-refractivity contribution in [2.24, 2.45) is 23.7 Å². The lowest BCUT2D eigenvalue weighted by molar-refractivity contribution is -0.163. The van der Waals surface area contributed by atoms with Gasteiger partial charge < -0.3 is 80.0 Å². The minimum Gasteiger partial charge on any atom is -0.467 e. The number of anilines is 2. The Bertz CT molecular complexity index is 3790. The molecule has 0 radical (unpaired) electrons. The first-order valence-corrected chi connectivity index (χ1v) is 32.8. The first kappa shape index (κ1) is 73.2. The monoisotopic (exact) mass is 1350 g/mol. The lowest BCUT2D eigenvalue weighted by Crippen LogP contribution is -2.61. The molecule has 4 saturated heterocycles. The van der Waals surface area contributed by atoms with Gasteiger partial charge >= 0.3 is 11.9 Å². The smallest absolute Gasteiger partial charge is 0.329 e. The molecule has 0 saturated carbocycles. The second-order valence-electron chi connectivity index (χ2n) is 27.1. The Balaban J connectivity index is 1.27. The van der Waals surface area contributed by atoms with Gasteiger partial charge in [0.05, 0.1) is 42.7 Å². The highest BCUT2D eigenvalue weighted by Gasteiger charge is 2.47. The van der Waals surface area contributed by atoms with Gasteiger partial charge in [0, 0.05) is 58.1 Å². The van der Waals surface area contributed by atoms with Crippen molar-refractivity contribution >= 4 is 93.5 Å². The normalized spacial score (nSPS) is 25.2. The van der Waals surface area contributed by atoms with Gasteiger partial charge in [-0.15, -0.1) is 0 Å². The molecule has 1 aliphatic carbocycles. The molecule has 6 aliphatic rings. The third-order valence-corrected chi connectivity index (χ3v) is 18.7. The lowest BCUT2D eigenvalue weighted by atomic mass is 9.98. The number of esters is 2. The summed E-state index contributed by atoms with van der Waals surface area (Å²) >= 11 is 0. The number of carbonyl (C=O) groups excluding carboxylic acids is 12. The number of rotatable bonds is 11. The maximum atomic E-state index is 15.6. The molecule has 6 heterocycles. The minimum absolute atomic E-state index is 0.0416. The van der Waals surface area contributed by atoms with Crippen molar-refractivity contribution in [3.63, 3.8) is 0 Å². The fourth-order valence-electron chi connectivity index (χ4n) is 13.1. The van der Waals surface area contributed by atoms with Crippen molar-refractivity contribution in [3.8, 4) is 11.5 Å². The van der Waals surface area contributed by atoms with E-state index in [1.807, 2.05) is 0 Å². The quantitative estimate of drug-likeness (QED) is 0.0710. The number of hydrogen-bond donors (Lipinski definition) is 6. The number of ether oxygens (including phenoxy) is 2. The fraction of sp³-hybridized carbons (Fsp3) is 0.582. The number of aryl methyl sites for hydroxylation is 1. The van der Waals surface area contributed by atoms with Gasteiger partial charge in [0.25, 0.3) is 11.8 Å². The zero-order chi connectivity index (χ0) is 71.7. The van der Waals surface area contributed by atoms with Gasteiger partial charge in [-0.1, -0.05) is 55.4 Å². The van der Waals surface area contributed by atoms with Gasteiger partial charge in [-0.05, 0) is 95.2 Å². The number of aromatic nitrogens is 1. The summed E-state index contributed by atoms with van der Waals surface area (Å²) in [6.07, 6.45) is -0.324. The van der Waals surface area contributed by atoms with Gasteiger partial charge in [0.1, 0.15) is 77.5 Å². The molecule has 0 bridgehead atoms. The van der Waals surface area contributed by atoms with Crippen LogP contribution in [0.4, 0.5) is 11.4 Å². The SMILES string of the molecule is Cc1c2oc3c(C)c(NCc4ccco4)cc(C(=O)NC4C(=O)NC(C(C)C)C(=O)N5CCCC5C(=O)N(C)CC(=O)N(C)C(C(C)C)C(=O)OC4C)c3nc-2c(C(=O)NC2C(=O)NC(C(C)C)C(=O)N3CCCC3C(=O)N(C)CC(=O)N(C)C(C(C)C)C(=O)OC2C)c(N)c1=O. The van der Waals surface area contributed by atoms with E-state index in [1.54, 1.807) is 74.4 Å². The number of hydrogen-bond acceptors (Lipinski definition) is 20. The number of nitrogen functional groups attached to an aromatic ring is 1. The van der Waals surface area contributed by atoms with E-state index in [1.165, 1.54) is 80.9 Å². The summed E-state index contributed by atoms with van der Waals surface area (Å²) in [7, 11) is 5.58. The highest BCUT2D eigenvalue weighted by atomic mass is 16.6. The van der Waals surface area contributed by atoms with Crippen LogP contribution in [0.15, 0.2) is 38.1 Å². The molecular formula is C67H91N13O17. The van der Waals surface area contributed by atoms with Crippen molar-refractivity contribution in [1.29, 1.82) is 0 Å². The van der Waals surface area contributed by atoms with Crippen molar-refractivity contribution in [2.45, 2.75) is 176 Å². The number of likely N-dealkylation sites (N-methyl/N-ethyl adjacent to an activating group) is 4. The van der Waals surface area contributed by atoms with E-state index in [0.717, 1.165) is 9.80 Å². The molecule has 10 amide bonds. The minimum atomic E-state index is -1.91. The predicted octanol–water partition coefficient (Wildman–Crippen LogP) is 1.93. The molecule has 10 atom stereocenters. The summed E-state index contributed by atoms with van der Waals surface area (Å²) in [6, 6.07) is -6.23. The third kappa shape index (κ3) is 15.0. The number of nitrogens with two attached hydrogens (primary N) is 1. The first-order chi connectivity index (χ1) is 45.6. The number of fused-ring (bicyclic) bond motifs is 4. The van der Waals surface area contributed by atoms with E-state index in [-0.39, 0.29) is 66.2 Å². The van der Waals surface area contributed by atoms with Crippen LogP contribution in [0, 0.1) is 37.5 Å². The zero-order valence-corrected chi connectivity index (χ0v) is 57.9. The fourth-order valence-corrected chi connectivity index (χ4v) is 13.1. The van der Waals surface area contributed by atoms with Gasteiger partial charge in [-0.2, -0.15) is 0 Å². The van der Waals surface area contributed by atoms with E-state index in [2.05, 4.69) is 26.6 Å². The number of cyclic esters (lactones) is 2. The Morgan fingerprint density at radius 1 is 0.649 bits per heavy atom. The van der Waals surface area contributed by atoms with E-state index in [9.17, 15) is 43.2 Å². The third-order valence-electron chi connectivity index (χ3n) is 18.7. The molecule has 30 heteroatoms. The molecule has 97 heavy (non-hydrogen) atoms. The zero-order valence-electron chi connectivity index (χ0n) is 57.9. The molecule has 4 fully saturated rings. The van der Waals surface area contributed by atoms with Gasteiger partial charge in [0.2, 0.25) is 52.7 Å². The van der Waals surface area contributed by atoms with Gasteiger partial charge in [-0.3, -0.25) is 52.7 Å². The molecular weight excluding hydrogens is 1260 g/mol. The Hall–Kier alpha value is -9.64. The molecule has 1 aromatic heterocycles. The standard InChI is InChI=1S/C67H91N13O17/c1-30(2)47-64(90)79-23-17-21-41(79)62(88)75(13)28-43(81)77(15)53(32(5)6)66(92)95-36(11)49(60(86)71-47)73-58(84)39-26-40(69-27-38-20-19-25-94-38)34(9)56-51(39)70-52-45(46(68)55(83)35(10)57(52)97-56)59(85)74-50-37(12)96-67(93)54(33(7)8)78(16)44(82)29-76(14)63(89)42-22-18-24-80(42)65(91)48(31(3)4)72-61(50)87/h19-20,25-26,30-33,36-37,41-42,47-50,53-54,69H,17-18,21-24,27-29,68H2,1-16H3,(H,71,86)(H,72,87)(H,73,84)(H,74,85). The molecule has 526 valence electrons. The van der Waals surface area contributed by atoms with Gasteiger partial charge in [-0.25, -0.2) is 14.6 Å². The van der Waals surface area contributed by atoms with Crippen molar-refractivity contribution in [1.82, 2.24) is 55.7 Å². The van der Waals surface area contributed by atoms with E-state index in [0.29, 0.717) is 24.2 Å². The highest BCUT2D eigenvalue weighted by molar-refractivity contribution is 6.11. The van der Waals surface area contributed by atoms with Crippen LogP contribution >= 0.6 is 0 Å². The van der Waals surface area contributed by atoms with Crippen molar-refractivity contribution < 1.29 is 75.8 Å². The summed E-state index contributed by atoms with van der Waals surface area (Å²) in [5, 5.41) is 14.0. The first-order valence-electron chi connectivity index (χ1n) is 32.8. The average Bonchev–Trinajstić information content (AvgIpc) is 1.31. The maximum Gasteiger partial charge on any atom is 0.329 e. The van der Waals surface area contributed by atoms with Crippen LogP contribution in [0.3, 0.4) is 0 Å². The van der Waals surface area contributed by atoms with Crippen LogP contribution in [0.1, 0.15) is 133 Å². The molecule has 8 rings (SSSR count). The van der Waals surface area contributed by atoms with Crippen LogP contribution < -0.4 is 37.7 Å². The topological polar surface area (TPSA) is 385 Å². The van der Waals surface area contributed by atoms with E-state index in [4.69, 9.17) is 29.0 Å². The van der Waals surface area contributed by atoms with Crippen LogP contribution in [0.25, 0.3) is 22.6 Å². The lowest BCUT2D eigenvalue weighted by Gasteiger charge is -2.36. The van der Waals surface area contributed by atoms with Gasteiger partial charge in [0.15, 0.2) is 11.3 Å². The Morgan fingerprint density at radius 3 is 1.55 bits per heavy atom. The summed E-state index contributed by atoms with van der Waals surface area (Å²) in [5.74, 6) is -12.2. The Kier molecular flexibility index (Phi) is 22.5. The molecule has 30 nitrogen and oxygen atoms in total. The average molecular weight is 1350 g/mol. The number of nitrogens with zero attached hydrogens (tertiary/aromatic N) is 7.